The monoisotopic (exact) mass is 258 g/mol. The van der Waals surface area contributed by atoms with Gasteiger partial charge in [0, 0.05) is 20.1 Å². The van der Waals surface area contributed by atoms with Crippen LogP contribution in [0.5, 0.6) is 0 Å². The fourth-order valence-corrected chi connectivity index (χ4v) is 2.27. The average Bonchev–Trinajstić information content (AvgIpc) is 2.42. The third kappa shape index (κ3) is 6.33. The quantitative estimate of drug-likeness (QED) is 0.585. The summed E-state index contributed by atoms with van der Waals surface area (Å²) in [7, 11) is 1.62. The van der Waals surface area contributed by atoms with Gasteiger partial charge in [-0.3, -0.25) is 4.79 Å². The van der Waals surface area contributed by atoms with Gasteiger partial charge in [0.15, 0.2) is 0 Å². The lowest BCUT2D eigenvalue weighted by molar-refractivity contribution is -0.122. The molecule has 0 aromatic rings. The number of carbonyl (C=O) groups is 1. The molecule has 1 fully saturated rings. The molecule has 0 bridgehead atoms. The highest BCUT2D eigenvalue weighted by Gasteiger charge is 2.16. The number of hydrogen-bond acceptors (Lipinski definition) is 4. The van der Waals surface area contributed by atoms with Gasteiger partial charge in [-0.2, -0.15) is 0 Å². The highest BCUT2D eigenvalue weighted by Crippen LogP contribution is 2.15. The van der Waals surface area contributed by atoms with E-state index in [1.54, 1.807) is 7.11 Å². The fraction of sp³-hybridized carbons (Fsp3) is 0.923. The minimum atomic E-state index is -0.179. The van der Waals surface area contributed by atoms with Gasteiger partial charge in [0.1, 0.15) is 0 Å². The molecule has 1 saturated heterocycles. The SMILES string of the molecule is COCCC(CO)NC(=O)CCC1CCCNC1. The van der Waals surface area contributed by atoms with Crippen molar-refractivity contribution in [3.63, 3.8) is 0 Å². The molecule has 0 aromatic carbocycles. The molecular formula is C13H26N2O3. The lowest BCUT2D eigenvalue weighted by Gasteiger charge is -2.23. The number of carbonyl (C=O) groups excluding carboxylic acids is 1. The first-order chi connectivity index (χ1) is 8.76. The summed E-state index contributed by atoms with van der Waals surface area (Å²) in [6.07, 6.45) is 4.56. The maximum absolute atomic E-state index is 11.7. The number of aliphatic hydroxyl groups excluding tert-OH is 1. The van der Waals surface area contributed by atoms with Crippen molar-refractivity contribution in [1.82, 2.24) is 10.6 Å². The van der Waals surface area contributed by atoms with Crippen LogP contribution in [0.2, 0.25) is 0 Å². The van der Waals surface area contributed by atoms with Gasteiger partial charge < -0.3 is 20.5 Å². The van der Waals surface area contributed by atoms with Crippen LogP contribution >= 0.6 is 0 Å². The molecule has 0 saturated carbocycles. The second kappa shape index (κ2) is 9.30. The molecule has 18 heavy (non-hydrogen) atoms. The van der Waals surface area contributed by atoms with Gasteiger partial charge in [-0.1, -0.05) is 0 Å². The predicted octanol–water partition coefficient (Wildman–Crippen LogP) is 0.280. The Morgan fingerprint density at radius 3 is 3.06 bits per heavy atom. The van der Waals surface area contributed by atoms with Gasteiger partial charge in [0.25, 0.3) is 0 Å². The molecule has 1 aliphatic rings. The van der Waals surface area contributed by atoms with Crippen molar-refractivity contribution in [1.29, 1.82) is 0 Å². The van der Waals surface area contributed by atoms with Crippen molar-refractivity contribution in [2.75, 3.05) is 33.4 Å². The van der Waals surface area contributed by atoms with E-state index in [1.807, 2.05) is 0 Å². The molecule has 1 aliphatic heterocycles. The Morgan fingerprint density at radius 1 is 1.61 bits per heavy atom. The Hall–Kier alpha value is -0.650. The summed E-state index contributed by atoms with van der Waals surface area (Å²) in [5, 5.41) is 15.3. The molecular weight excluding hydrogens is 232 g/mol. The van der Waals surface area contributed by atoms with Crippen molar-refractivity contribution < 1.29 is 14.6 Å². The van der Waals surface area contributed by atoms with E-state index in [0.717, 1.165) is 19.5 Å². The highest BCUT2D eigenvalue weighted by atomic mass is 16.5. The third-order valence-electron chi connectivity index (χ3n) is 3.43. The normalized spacial score (nSPS) is 21.6. The zero-order valence-electron chi connectivity index (χ0n) is 11.3. The van der Waals surface area contributed by atoms with E-state index in [0.29, 0.717) is 25.4 Å². The van der Waals surface area contributed by atoms with Crippen LogP contribution in [-0.2, 0) is 9.53 Å². The molecule has 5 heteroatoms. The largest absolute Gasteiger partial charge is 0.394 e. The van der Waals surface area contributed by atoms with E-state index < -0.39 is 0 Å². The van der Waals surface area contributed by atoms with Crippen LogP contribution < -0.4 is 10.6 Å². The van der Waals surface area contributed by atoms with Gasteiger partial charge in [0.2, 0.25) is 5.91 Å². The second-order valence-electron chi connectivity index (χ2n) is 4.98. The Bertz CT molecular complexity index is 230. The number of ether oxygens (including phenoxy) is 1. The Morgan fingerprint density at radius 2 is 2.44 bits per heavy atom. The number of hydrogen-bond donors (Lipinski definition) is 3. The van der Waals surface area contributed by atoms with Crippen molar-refractivity contribution in [2.24, 2.45) is 5.92 Å². The van der Waals surface area contributed by atoms with Gasteiger partial charge in [0.05, 0.1) is 12.6 Å². The van der Waals surface area contributed by atoms with Crippen LogP contribution in [0.4, 0.5) is 0 Å². The fourth-order valence-electron chi connectivity index (χ4n) is 2.27. The summed E-state index contributed by atoms with van der Waals surface area (Å²) in [5.41, 5.74) is 0. The molecule has 2 atom stereocenters. The van der Waals surface area contributed by atoms with E-state index in [-0.39, 0.29) is 18.6 Å². The maximum atomic E-state index is 11.7. The van der Waals surface area contributed by atoms with Crippen LogP contribution in [0, 0.1) is 5.92 Å². The minimum absolute atomic E-state index is 0.0277. The molecule has 0 radical (unpaired) electrons. The Labute approximate surface area is 109 Å². The lowest BCUT2D eigenvalue weighted by Crippen LogP contribution is -2.38. The molecule has 5 nitrogen and oxygen atoms in total. The van der Waals surface area contributed by atoms with Crippen molar-refractivity contribution in [2.45, 2.75) is 38.1 Å². The van der Waals surface area contributed by atoms with E-state index in [9.17, 15) is 4.79 Å². The summed E-state index contributed by atoms with van der Waals surface area (Å²) in [5.74, 6) is 0.659. The lowest BCUT2D eigenvalue weighted by atomic mass is 9.94. The smallest absolute Gasteiger partial charge is 0.220 e. The molecule has 0 spiro atoms. The zero-order valence-corrected chi connectivity index (χ0v) is 11.3. The van der Waals surface area contributed by atoms with Crippen LogP contribution in [0.3, 0.4) is 0 Å². The average molecular weight is 258 g/mol. The van der Waals surface area contributed by atoms with Crippen molar-refractivity contribution >= 4 is 5.91 Å². The summed E-state index contributed by atoms with van der Waals surface area (Å²) < 4.78 is 4.94. The topological polar surface area (TPSA) is 70.6 Å². The standard InChI is InChI=1S/C13H26N2O3/c1-18-8-6-12(10-16)15-13(17)5-4-11-3-2-7-14-9-11/h11-12,14,16H,2-10H2,1H3,(H,15,17). The number of aliphatic hydroxyl groups is 1. The molecule has 1 rings (SSSR count). The van der Waals surface area contributed by atoms with E-state index in [4.69, 9.17) is 9.84 Å². The first-order valence-corrected chi connectivity index (χ1v) is 6.86. The second-order valence-corrected chi connectivity index (χ2v) is 4.98. The van der Waals surface area contributed by atoms with Gasteiger partial charge >= 0.3 is 0 Å². The Balaban J connectivity index is 2.14. The van der Waals surface area contributed by atoms with Gasteiger partial charge in [-0.15, -0.1) is 0 Å². The zero-order chi connectivity index (χ0) is 13.2. The number of methoxy groups -OCH3 is 1. The molecule has 106 valence electrons. The summed E-state index contributed by atoms with van der Waals surface area (Å²) in [4.78, 5) is 11.7. The minimum Gasteiger partial charge on any atom is -0.394 e. The summed E-state index contributed by atoms with van der Waals surface area (Å²) >= 11 is 0. The molecule has 1 amide bonds. The number of piperidine rings is 1. The first-order valence-electron chi connectivity index (χ1n) is 6.86. The van der Waals surface area contributed by atoms with Crippen molar-refractivity contribution in [3.05, 3.63) is 0 Å². The van der Waals surface area contributed by atoms with Gasteiger partial charge in [-0.05, 0) is 44.7 Å². The molecule has 1 heterocycles. The molecule has 2 unspecified atom stereocenters. The summed E-state index contributed by atoms with van der Waals surface area (Å²) in [6, 6.07) is -0.179. The van der Waals surface area contributed by atoms with Crippen LogP contribution in [0.1, 0.15) is 32.1 Å². The third-order valence-corrected chi connectivity index (χ3v) is 3.43. The number of nitrogens with one attached hydrogen (secondary N) is 2. The van der Waals surface area contributed by atoms with E-state index >= 15 is 0 Å². The molecule has 0 aliphatic carbocycles. The Kier molecular flexibility index (Phi) is 7.96. The molecule has 3 N–H and O–H groups in total. The van der Waals surface area contributed by atoms with Crippen LogP contribution in [0.25, 0.3) is 0 Å². The van der Waals surface area contributed by atoms with Crippen molar-refractivity contribution in [3.8, 4) is 0 Å². The summed E-state index contributed by atoms with van der Waals surface area (Å²) in [6.45, 7) is 2.66. The van der Waals surface area contributed by atoms with Crippen LogP contribution in [-0.4, -0.2) is 50.5 Å². The first kappa shape index (κ1) is 15.4. The van der Waals surface area contributed by atoms with E-state index in [2.05, 4.69) is 10.6 Å². The van der Waals surface area contributed by atoms with Gasteiger partial charge in [-0.25, -0.2) is 0 Å². The van der Waals surface area contributed by atoms with Crippen LogP contribution in [0.15, 0.2) is 0 Å². The number of rotatable bonds is 8. The number of amides is 1. The molecule has 0 aromatic heterocycles. The predicted molar refractivity (Wildman–Crippen MR) is 70.3 cm³/mol. The highest BCUT2D eigenvalue weighted by molar-refractivity contribution is 5.76. The van der Waals surface area contributed by atoms with E-state index in [1.165, 1.54) is 12.8 Å². The maximum Gasteiger partial charge on any atom is 0.220 e.